The van der Waals surface area contributed by atoms with Crippen molar-refractivity contribution in [1.29, 1.82) is 0 Å². The molecular weight excluding hydrogens is 198 g/mol. The zero-order chi connectivity index (χ0) is 10.8. The molecule has 1 aromatic heterocycles. The molecule has 6 nitrogen and oxygen atoms in total. The quantitative estimate of drug-likeness (QED) is 0.688. The molecule has 1 aliphatic carbocycles. The van der Waals surface area contributed by atoms with Crippen LogP contribution in [0.15, 0.2) is 18.5 Å². The third kappa shape index (κ3) is 1.89. The molecular formula is C9H11N3O3. The second-order valence-corrected chi connectivity index (χ2v) is 3.48. The van der Waals surface area contributed by atoms with E-state index in [1.165, 1.54) is 11.0 Å². The van der Waals surface area contributed by atoms with Crippen LogP contribution in [-0.4, -0.2) is 37.6 Å². The van der Waals surface area contributed by atoms with Crippen LogP contribution in [0.2, 0.25) is 0 Å². The Balaban J connectivity index is 2.11. The van der Waals surface area contributed by atoms with Gasteiger partial charge in [-0.2, -0.15) is 0 Å². The molecule has 0 aliphatic heterocycles. The smallest absolute Gasteiger partial charge is 0.375 e. The number of nitrogens with zero attached hydrogens (tertiary/aromatic N) is 3. The highest BCUT2D eigenvalue weighted by Gasteiger charge is 2.21. The molecule has 0 bridgehead atoms. The fourth-order valence-electron chi connectivity index (χ4n) is 1.62. The van der Waals surface area contributed by atoms with Crippen LogP contribution in [0.3, 0.4) is 0 Å². The van der Waals surface area contributed by atoms with Gasteiger partial charge in [0.25, 0.3) is 5.82 Å². The molecule has 0 spiro atoms. The Labute approximate surface area is 85.9 Å². The van der Waals surface area contributed by atoms with Gasteiger partial charge in [0, 0.05) is 12.5 Å². The zero-order valence-corrected chi connectivity index (χ0v) is 7.95. The van der Waals surface area contributed by atoms with Crippen LogP contribution < -0.4 is 0 Å². The molecule has 6 heteroatoms. The molecule has 0 saturated heterocycles. The van der Waals surface area contributed by atoms with Gasteiger partial charge in [0.2, 0.25) is 0 Å². The van der Waals surface area contributed by atoms with Crippen molar-refractivity contribution in [1.82, 2.24) is 14.8 Å². The summed E-state index contributed by atoms with van der Waals surface area (Å²) in [4.78, 5) is 14.2. The highest BCUT2D eigenvalue weighted by molar-refractivity contribution is 5.82. The van der Waals surface area contributed by atoms with E-state index in [1.807, 2.05) is 12.2 Å². The molecule has 0 amide bonds. The van der Waals surface area contributed by atoms with E-state index in [4.69, 9.17) is 10.2 Å². The standard InChI is InChI=1S/C9H11N3O3/c13-4-6-1-2-7(3-6)12-5-10-8(11-12)9(14)15/h1-2,5-7,13H,3-4H2,(H,14,15)/t6-,7+/m1/s1. The fourth-order valence-corrected chi connectivity index (χ4v) is 1.62. The van der Waals surface area contributed by atoms with E-state index in [0.29, 0.717) is 0 Å². The summed E-state index contributed by atoms with van der Waals surface area (Å²) in [5.41, 5.74) is 0. The summed E-state index contributed by atoms with van der Waals surface area (Å²) in [7, 11) is 0. The number of allylic oxidation sites excluding steroid dienone is 1. The Kier molecular flexibility index (Phi) is 2.51. The van der Waals surface area contributed by atoms with E-state index >= 15 is 0 Å². The van der Waals surface area contributed by atoms with Gasteiger partial charge < -0.3 is 10.2 Å². The maximum absolute atomic E-state index is 10.6. The molecule has 0 unspecified atom stereocenters. The lowest BCUT2D eigenvalue weighted by atomic mass is 10.1. The molecule has 1 aromatic rings. The Morgan fingerprint density at radius 1 is 1.60 bits per heavy atom. The van der Waals surface area contributed by atoms with Crippen LogP contribution in [0.1, 0.15) is 23.1 Å². The minimum atomic E-state index is -1.13. The average Bonchev–Trinajstić information content (AvgIpc) is 2.86. The molecule has 15 heavy (non-hydrogen) atoms. The first kappa shape index (κ1) is 9.85. The minimum absolute atomic E-state index is 0.00255. The predicted molar refractivity (Wildman–Crippen MR) is 50.4 cm³/mol. The maximum atomic E-state index is 10.6. The summed E-state index contributed by atoms with van der Waals surface area (Å²) < 4.78 is 1.51. The third-order valence-electron chi connectivity index (χ3n) is 2.42. The number of aromatic nitrogens is 3. The van der Waals surface area contributed by atoms with Crippen molar-refractivity contribution in [3.05, 3.63) is 24.3 Å². The summed E-state index contributed by atoms with van der Waals surface area (Å²) >= 11 is 0. The van der Waals surface area contributed by atoms with Gasteiger partial charge in [0.1, 0.15) is 6.33 Å². The van der Waals surface area contributed by atoms with Crippen LogP contribution in [0.5, 0.6) is 0 Å². The van der Waals surface area contributed by atoms with Gasteiger partial charge >= 0.3 is 5.97 Å². The molecule has 0 aromatic carbocycles. The lowest BCUT2D eigenvalue weighted by Crippen LogP contribution is -2.09. The van der Waals surface area contributed by atoms with Crippen molar-refractivity contribution >= 4 is 5.97 Å². The van der Waals surface area contributed by atoms with Gasteiger partial charge in [-0.25, -0.2) is 14.5 Å². The molecule has 2 rings (SSSR count). The number of carboxylic acid groups (broad SMARTS) is 1. The molecule has 80 valence electrons. The fraction of sp³-hybridized carbons (Fsp3) is 0.444. The summed E-state index contributed by atoms with van der Waals surface area (Å²) in [6.45, 7) is 0.105. The van der Waals surface area contributed by atoms with Gasteiger partial charge in [-0.3, -0.25) is 0 Å². The maximum Gasteiger partial charge on any atom is 0.375 e. The number of carbonyl (C=O) groups is 1. The number of rotatable bonds is 3. The van der Waals surface area contributed by atoms with Crippen molar-refractivity contribution in [2.45, 2.75) is 12.5 Å². The highest BCUT2D eigenvalue weighted by Crippen LogP contribution is 2.26. The first-order valence-corrected chi connectivity index (χ1v) is 4.64. The molecule has 0 radical (unpaired) electrons. The van der Waals surface area contributed by atoms with Crippen LogP contribution in [0.4, 0.5) is 0 Å². The molecule has 2 N–H and O–H groups in total. The van der Waals surface area contributed by atoms with Gasteiger partial charge in [-0.15, -0.1) is 5.10 Å². The van der Waals surface area contributed by atoms with E-state index in [9.17, 15) is 4.79 Å². The zero-order valence-electron chi connectivity index (χ0n) is 7.95. The van der Waals surface area contributed by atoms with Gasteiger partial charge in [0.05, 0.1) is 6.04 Å². The number of aromatic carboxylic acids is 1. The number of carboxylic acids is 1. The summed E-state index contributed by atoms with van der Waals surface area (Å²) in [5, 5.41) is 21.4. The number of hydrogen-bond donors (Lipinski definition) is 2. The van der Waals surface area contributed by atoms with E-state index in [0.717, 1.165) is 6.42 Å². The van der Waals surface area contributed by atoms with E-state index < -0.39 is 5.97 Å². The van der Waals surface area contributed by atoms with Crippen molar-refractivity contribution < 1.29 is 15.0 Å². The Morgan fingerprint density at radius 2 is 2.40 bits per heavy atom. The topological polar surface area (TPSA) is 88.2 Å². The van der Waals surface area contributed by atoms with Gasteiger partial charge in [-0.05, 0) is 6.42 Å². The summed E-state index contributed by atoms with van der Waals surface area (Å²) in [5.74, 6) is -1.20. The Bertz CT molecular complexity index is 399. The van der Waals surface area contributed by atoms with Crippen molar-refractivity contribution in [3.63, 3.8) is 0 Å². The highest BCUT2D eigenvalue weighted by atomic mass is 16.4. The first-order valence-electron chi connectivity index (χ1n) is 4.64. The molecule has 0 fully saturated rings. The van der Waals surface area contributed by atoms with Gasteiger partial charge in [0.15, 0.2) is 0 Å². The van der Waals surface area contributed by atoms with Crippen LogP contribution in [0.25, 0.3) is 0 Å². The molecule has 1 heterocycles. The predicted octanol–water partition coefficient (Wildman–Crippen LogP) is 0.0858. The van der Waals surface area contributed by atoms with E-state index in [-0.39, 0.29) is 24.4 Å². The average molecular weight is 209 g/mol. The monoisotopic (exact) mass is 209 g/mol. The SMILES string of the molecule is O=C(O)c1ncn([C@H]2C=C[C@@H](CO)C2)n1. The molecule has 1 aliphatic rings. The second kappa shape index (κ2) is 3.82. The summed E-state index contributed by atoms with van der Waals surface area (Å²) in [6, 6.07) is 0.00255. The number of aliphatic hydroxyl groups excluding tert-OH is 1. The third-order valence-corrected chi connectivity index (χ3v) is 2.42. The lowest BCUT2D eigenvalue weighted by Gasteiger charge is -2.09. The van der Waals surface area contributed by atoms with Crippen LogP contribution in [0, 0.1) is 5.92 Å². The summed E-state index contributed by atoms with van der Waals surface area (Å²) in [6.07, 6.45) is 5.95. The normalized spacial score (nSPS) is 24.6. The molecule has 2 atom stereocenters. The van der Waals surface area contributed by atoms with E-state index in [1.54, 1.807) is 0 Å². The Morgan fingerprint density at radius 3 is 2.93 bits per heavy atom. The Hall–Kier alpha value is -1.69. The van der Waals surface area contributed by atoms with Crippen LogP contribution in [-0.2, 0) is 0 Å². The second-order valence-electron chi connectivity index (χ2n) is 3.48. The van der Waals surface area contributed by atoms with Gasteiger partial charge in [-0.1, -0.05) is 12.2 Å². The van der Waals surface area contributed by atoms with Crippen molar-refractivity contribution in [2.75, 3.05) is 6.61 Å². The first-order chi connectivity index (χ1) is 7.20. The molecule has 0 saturated carbocycles. The largest absolute Gasteiger partial charge is 0.475 e. The number of hydrogen-bond acceptors (Lipinski definition) is 4. The van der Waals surface area contributed by atoms with Crippen molar-refractivity contribution in [2.24, 2.45) is 5.92 Å². The number of aliphatic hydroxyl groups is 1. The lowest BCUT2D eigenvalue weighted by molar-refractivity contribution is 0.0683. The van der Waals surface area contributed by atoms with Crippen LogP contribution >= 0.6 is 0 Å². The minimum Gasteiger partial charge on any atom is -0.475 e. The van der Waals surface area contributed by atoms with Crippen molar-refractivity contribution in [3.8, 4) is 0 Å². The van der Waals surface area contributed by atoms with E-state index in [2.05, 4.69) is 10.1 Å².